The topological polar surface area (TPSA) is 36.7 Å². The summed E-state index contributed by atoms with van der Waals surface area (Å²) in [6.07, 6.45) is 4.13. The Labute approximate surface area is 102 Å². The molecule has 1 aromatic carbocycles. The van der Waals surface area contributed by atoms with Crippen LogP contribution >= 0.6 is 0 Å². The lowest BCUT2D eigenvalue weighted by Gasteiger charge is -2.02. The molecule has 0 N–H and O–H groups in total. The molecule has 2 rings (SSSR count). The standard InChI is InChI=1S/C15H14N2/c1-2-3-13-6-9-15(17-11-13)14-7-4-12(10-16)5-8-14/h4-9,11H,2-3H2,1H3. The molecule has 2 aromatic rings. The summed E-state index contributed by atoms with van der Waals surface area (Å²) in [6, 6.07) is 13.8. The highest BCUT2D eigenvalue weighted by Gasteiger charge is 1.99. The third-order valence-corrected chi connectivity index (χ3v) is 2.67. The molecule has 0 bridgehead atoms. The molecule has 2 nitrogen and oxygen atoms in total. The van der Waals surface area contributed by atoms with Crippen molar-refractivity contribution in [3.63, 3.8) is 0 Å². The summed E-state index contributed by atoms with van der Waals surface area (Å²) < 4.78 is 0. The van der Waals surface area contributed by atoms with Crippen LogP contribution < -0.4 is 0 Å². The van der Waals surface area contributed by atoms with Gasteiger partial charge in [-0.25, -0.2) is 0 Å². The second-order valence-corrected chi connectivity index (χ2v) is 3.99. The molecular formula is C15H14N2. The highest BCUT2D eigenvalue weighted by molar-refractivity contribution is 5.60. The van der Waals surface area contributed by atoms with Gasteiger partial charge in [-0.2, -0.15) is 5.26 Å². The summed E-state index contributed by atoms with van der Waals surface area (Å²) in [6.45, 7) is 2.16. The number of rotatable bonds is 3. The summed E-state index contributed by atoms with van der Waals surface area (Å²) in [7, 11) is 0. The maximum absolute atomic E-state index is 8.73. The first-order chi connectivity index (χ1) is 8.33. The summed E-state index contributed by atoms with van der Waals surface area (Å²) in [5, 5.41) is 8.73. The molecule has 2 heteroatoms. The molecule has 1 heterocycles. The SMILES string of the molecule is CCCc1ccc(-c2ccc(C#N)cc2)nc1. The minimum Gasteiger partial charge on any atom is -0.256 e. The Morgan fingerprint density at radius 3 is 2.41 bits per heavy atom. The third-order valence-electron chi connectivity index (χ3n) is 2.67. The monoisotopic (exact) mass is 222 g/mol. The molecule has 84 valence electrons. The van der Waals surface area contributed by atoms with Gasteiger partial charge in [0.1, 0.15) is 0 Å². The normalized spacial score (nSPS) is 9.88. The molecule has 0 unspecified atom stereocenters. The van der Waals surface area contributed by atoms with Gasteiger partial charge in [0.25, 0.3) is 0 Å². The highest BCUT2D eigenvalue weighted by Crippen LogP contribution is 2.17. The fourth-order valence-electron chi connectivity index (χ4n) is 1.75. The first-order valence-electron chi connectivity index (χ1n) is 5.79. The minimum absolute atomic E-state index is 0.677. The van der Waals surface area contributed by atoms with Crippen LogP contribution in [0.4, 0.5) is 0 Å². The number of benzene rings is 1. The quantitative estimate of drug-likeness (QED) is 0.796. The average molecular weight is 222 g/mol. The van der Waals surface area contributed by atoms with Crippen molar-refractivity contribution in [2.45, 2.75) is 19.8 Å². The van der Waals surface area contributed by atoms with Crippen LogP contribution in [-0.4, -0.2) is 4.98 Å². The Morgan fingerprint density at radius 1 is 1.12 bits per heavy atom. The van der Waals surface area contributed by atoms with E-state index in [9.17, 15) is 0 Å². The van der Waals surface area contributed by atoms with Crippen molar-refractivity contribution in [1.82, 2.24) is 4.98 Å². The van der Waals surface area contributed by atoms with Gasteiger partial charge in [0.15, 0.2) is 0 Å². The summed E-state index contributed by atoms with van der Waals surface area (Å²) in [4.78, 5) is 4.44. The van der Waals surface area contributed by atoms with E-state index in [1.54, 1.807) is 0 Å². The van der Waals surface area contributed by atoms with Crippen LogP contribution in [0.15, 0.2) is 42.6 Å². The lowest BCUT2D eigenvalue weighted by molar-refractivity contribution is 0.914. The lowest BCUT2D eigenvalue weighted by atomic mass is 10.1. The van der Waals surface area contributed by atoms with E-state index in [2.05, 4.69) is 24.0 Å². The summed E-state index contributed by atoms with van der Waals surface area (Å²) in [5.74, 6) is 0. The molecule has 0 aliphatic rings. The van der Waals surface area contributed by atoms with Crippen molar-refractivity contribution >= 4 is 0 Å². The van der Waals surface area contributed by atoms with Crippen molar-refractivity contribution in [1.29, 1.82) is 5.26 Å². The number of aromatic nitrogens is 1. The number of nitrogens with zero attached hydrogens (tertiary/aromatic N) is 2. The maximum Gasteiger partial charge on any atom is 0.0991 e. The number of aryl methyl sites for hydroxylation is 1. The Bertz CT molecular complexity index is 518. The lowest BCUT2D eigenvalue weighted by Crippen LogP contribution is -1.88. The van der Waals surface area contributed by atoms with Crippen LogP contribution in [0.3, 0.4) is 0 Å². The van der Waals surface area contributed by atoms with Crippen molar-refractivity contribution in [2.24, 2.45) is 0 Å². The minimum atomic E-state index is 0.677. The molecular weight excluding hydrogens is 208 g/mol. The van der Waals surface area contributed by atoms with E-state index >= 15 is 0 Å². The predicted molar refractivity (Wildman–Crippen MR) is 68.4 cm³/mol. The summed E-state index contributed by atoms with van der Waals surface area (Å²) >= 11 is 0. The zero-order valence-electron chi connectivity index (χ0n) is 9.85. The van der Waals surface area contributed by atoms with Crippen LogP contribution in [-0.2, 0) is 6.42 Å². The van der Waals surface area contributed by atoms with E-state index in [0.29, 0.717) is 5.56 Å². The Hall–Kier alpha value is -2.14. The number of nitriles is 1. The second-order valence-electron chi connectivity index (χ2n) is 3.99. The molecule has 17 heavy (non-hydrogen) atoms. The van der Waals surface area contributed by atoms with Crippen LogP contribution in [0.2, 0.25) is 0 Å². The third kappa shape index (κ3) is 2.70. The van der Waals surface area contributed by atoms with Gasteiger partial charge in [-0.1, -0.05) is 31.5 Å². The number of hydrogen-bond acceptors (Lipinski definition) is 2. The van der Waals surface area contributed by atoms with Crippen molar-refractivity contribution in [2.75, 3.05) is 0 Å². The molecule has 0 atom stereocenters. The van der Waals surface area contributed by atoms with Gasteiger partial charge in [-0.3, -0.25) is 4.98 Å². The first kappa shape index (κ1) is 11.3. The van der Waals surface area contributed by atoms with Crippen molar-refractivity contribution in [3.05, 3.63) is 53.7 Å². The molecule has 0 aliphatic heterocycles. The largest absolute Gasteiger partial charge is 0.256 e. The number of pyridine rings is 1. The van der Waals surface area contributed by atoms with Crippen LogP contribution in [0, 0.1) is 11.3 Å². The smallest absolute Gasteiger partial charge is 0.0991 e. The van der Waals surface area contributed by atoms with Gasteiger partial charge in [-0.15, -0.1) is 0 Å². The van der Waals surface area contributed by atoms with Crippen molar-refractivity contribution < 1.29 is 0 Å². The van der Waals surface area contributed by atoms with Crippen molar-refractivity contribution in [3.8, 4) is 17.3 Å². The molecule has 0 radical (unpaired) electrons. The Kier molecular flexibility index (Phi) is 3.52. The second kappa shape index (κ2) is 5.27. The van der Waals surface area contributed by atoms with Crippen LogP contribution in [0.25, 0.3) is 11.3 Å². The van der Waals surface area contributed by atoms with Crippen LogP contribution in [0.5, 0.6) is 0 Å². The van der Waals surface area contributed by atoms with E-state index in [1.807, 2.05) is 36.5 Å². The molecule has 0 saturated heterocycles. The molecule has 1 aromatic heterocycles. The van der Waals surface area contributed by atoms with Gasteiger partial charge in [0.2, 0.25) is 0 Å². The molecule has 0 spiro atoms. The fourth-order valence-corrected chi connectivity index (χ4v) is 1.75. The van der Waals surface area contributed by atoms with E-state index in [4.69, 9.17) is 5.26 Å². The van der Waals surface area contributed by atoms with E-state index < -0.39 is 0 Å². The first-order valence-corrected chi connectivity index (χ1v) is 5.79. The molecule has 0 aliphatic carbocycles. The molecule has 0 saturated carbocycles. The Balaban J connectivity index is 2.24. The van der Waals surface area contributed by atoms with Gasteiger partial charge < -0.3 is 0 Å². The van der Waals surface area contributed by atoms with E-state index in [-0.39, 0.29) is 0 Å². The zero-order chi connectivity index (χ0) is 12.1. The highest BCUT2D eigenvalue weighted by atomic mass is 14.7. The summed E-state index contributed by atoms with van der Waals surface area (Å²) in [5.41, 5.74) is 3.95. The molecule has 0 fully saturated rings. The van der Waals surface area contributed by atoms with Crippen LogP contribution in [0.1, 0.15) is 24.5 Å². The fraction of sp³-hybridized carbons (Fsp3) is 0.200. The van der Waals surface area contributed by atoms with Gasteiger partial charge in [0, 0.05) is 11.8 Å². The number of hydrogen-bond donors (Lipinski definition) is 0. The van der Waals surface area contributed by atoms with Gasteiger partial charge in [0.05, 0.1) is 17.3 Å². The average Bonchev–Trinajstić information content (AvgIpc) is 2.40. The predicted octanol–water partition coefficient (Wildman–Crippen LogP) is 3.57. The zero-order valence-corrected chi connectivity index (χ0v) is 9.85. The van der Waals surface area contributed by atoms with Gasteiger partial charge in [-0.05, 0) is 30.2 Å². The van der Waals surface area contributed by atoms with E-state index in [1.165, 1.54) is 5.56 Å². The Morgan fingerprint density at radius 2 is 1.88 bits per heavy atom. The molecule has 0 amide bonds. The van der Waals surface area contributed by atoms with Gasteiger partial charge >= 0.3 is 0 Å². The maximum atomic E-state index is 8.73. The van der Waals surface area contributed by atoms with E-state index in [0.717, 1.165) is 24.1 Å².